The summed E-state index contributed by atoms with van der Waals surface area (Å²) in [5.74, 6) is 2.89. The van der Waals surface area contributed by atoms with E-state index in [1.165, 1.54) is 13.5 Å². The Kier molecular flexibility index (Phi) is 6.73. The van der Waals surface area contributed by atoms with Gasteiger partial charge in [0.05, 0.1) is 32.2 Å². The molecular formula is C25H32N4O5. The minimum atomic E-state index is 0.146. The number of H-pyrrole nitrogens is 1. The van der Waals surface area contributed by atoms with Crippen LogP contribution in [-0.4, -0.2) is 73.4 Å². The van der Waals surface area contributed by atoms with E-state index in [-0.39, 0.29) is 5.90 Å². The molecule has 34 heavy (non-hydrogen) atoms. The molecule has 4 heterocycles. The maximum Gasteiger partial charge on any atom is 0.187 e. The Morgan fingerprint density at radius 2 is 2.06 bits per heavy atom. The zero-order chi connectivity index (χ0) is 23.5. The van der Waals surface area contributed by atoms with E-state index in [1.54, 1.807) is 13.3 Å². The van der Waals surface area contributed by atoms with Gasteiger partial charge in [-0.3, -0.25) is 10.3 Å². The standard InChI is InChI=1S/C25H32N4O5/c1-30-18-10-21(33-15-17-4-3-7-29(17)16-5-8-32-9-6-16)19-12-23(34-22(19)11-18)20-14-27-25(28-20)13-24(26)31-2/h10-12,14,16-17,26H,3-9,13,15H2,1-2H3,(H,27,28)/t17-/m1/s1. The van der Waals surface area contributed by atoms with Crippen molar-refractivity contribution in [3.8, 4) is 23.0 Å². The van der Waals surface area contributed by atoms with Crippen LogP contribution in [0.2, 0.25) is 0 Å². The zero-order valence-corrected chi connectivity index (χ0v) is 19.8. The van der Waals surface area contributed by atoms with Crippen molar-refractivity contribution in [1.82, 2.24) is 14.9 Å². The molecular weight excluding hydrogens is 436 g/mol. The van der Waals surface area contributed by atoms with E-state index in [1.807, 2.05) is 18.2 Å². The second kappa shape index (κ2) is 10.1. The quantitative estimate of drug-likeness (QED) is 0.380. The molecule has 2 aliphatic heterocycles. The van der Waals surface area contributed by atoms with Gasteiger partial charge in [0.15, 0.2) is 11.7 Å². The number of hydrogen-bond donors (Lipinski definition) is 2. The molecule has 0 radical (unpaired) electrons. The van der Waals surface area contributed by atoms with Crippen molar-refractivity contribution < 1.29 is 23.4 Å². The SMILES string of the molecule is COC(=N)Cc1ncc(-c2cc3c(OC[C@H]4CCCN4C4CCOCC4)cc(OC)cc3o2)[nH]1. The molecule has 1 aromatic carbocycles. The third-order valence-electron chi connectivity index (χ3n) is 6.79. The Morgan fingerprint density at radius 3 is 2.85 bits per heavy atom. The molecule has 2 aliphatic rings. The van der Waals surface area contributed by atoms with Crippen LogP contribution in [-0.2, 0) is 15.9 Å². The molecule has 2 fully saturated rings. The molecule has 0 spiro atoms. The minimum absolute atomic E-state index is 0.146. The smallest absolute Gasteiger partial charge is 0.187 e. The van der Waals surface area contributed by atoms with E-state index in [0.717, 1.165) is 55.9 Å². The Bertz CT molecular complexity index is 1130. The highest BCUT2D eigenvalue weighted by Crippen LogP contribution is 2.37. The number of ether oxygens (including phenoxy) is 4. The lowest BCUT2D eigenvalue weighted by atomic mass is 10.1. The predicted octanol–water partition coefficient (Wildman–Crippen LogP) is 4.02. The number of fused-ring (bicyclic) bond motifs is 1. The monoisotopic (exact) mass is 468 g/mol. The van der Waals surface area contributed by atoms with Crippen LogP contribution in [0.3, 0.4) is 0 Å². The molecule has 1 atom stereocenters. The highest BCUT2D eigenvalue weighted by molar-refractivity contribution is 5.89. The van der Waals surface area contributed by atoms with Gasteiger partial charge in [-0.15, -0.1) is 0 Å². The van der Waals surface area contributed by atoms with Gasteiger partial charge in [-0.2, -0.15) is 0 Å². The van der Waals surface area contributed by atoms with Crippen LogP contribution in [0.1, 0.15) is 31.5 Å². The van der Waals surface area contributed by atoms with Crippen molar-refractivity contribution in [3.05, 3.63) is 30.2 Å². The Labute approximate surface area is 198 Å². The van der Waals surface area contributed by atoms with Crippen LogP contribution in [0, 0.1) is 5.41 Å². The molecule has 0 unspecified atom stereocenters. The second-order valence-electron chi connectivity index (χ2n) is 8.88. The van der Waals surface area contributed by atoms with Crippen LogP contribution in [0.25, 0.3) is 22.4 Å². The highest BCUT2D eigenvalue weighted by atomic mass is 16.5. The van der Waals surface area contributed by atoms with E-state index < -0.39 is 0 Å². The first kappa shape index (κ1) is 22.7. The Hall–Kier alpha value is -3.04. The molecule has 5 rings (SSSR count). The molecule has 0 amide bonds. The molecule has 0 saturated carbocycles. The summed E-state index contributed by atoms with van der Waals surface area (Å²) in [6.45, 7) is 3.47. The average Bonchev–Trinajstić information content (AvgIpc) is 3.62. The summed E-state index contributed by atoms with van der Waals surface area (Å²) in [4.78, 5) is 10.2. The van der Waals surface area contributed by atoms with E-state index >= 15 is 0 Å². The van der Waals surface area contributed by atoms with Crippen LogP contribution < -0.4 is 9.47 Å². The molecule has 182 valence electrons. The summed E-state index contributed by atoms with van der Waals surface area (Å²) in [6, 6.07) is 6.75. The Morgan fingerprint density at radius 1 is 1.21 bits per heavy atom. The molecule has 2 N–H and O–H groups in total. The number of benzene rings is 1. The van der Waals surface area contributed by atoms with E-state index in [4.69, 9.17) is 28.8 Å². The summed E-state index contributed by atoms with van der Waals surface area (Å²) in [6.07, 6.45) is 6.55. The van der Waals surface area contributed by atoms with Crippen LogP contribution in [0.4, 0.5) is 0 Å². The molecule has 3 aromatic rings. The van der Waals surface area contributed by atoms with Crippen molar-refractivity contribution in [2.75, 3.05) is 40.6 Å². The first-order chi connectivity index (χ1) is 16.6. The number of aromatic nitrogens is 2. The molecule has 2 saturated heterocycles. The number of nitrogens with one attached hydrogen (secondary N) is 2. The maximum atomic E-state index is 7.70. The number of nitrogens with zero attached hydrogens (tertiary/aromatic N) is 2. The summed E-state index contributed by atoms with van der Waals surface area (Å²) < 4.78 is 28.5. The summed E-state index contributed by atoms with van der Waals surface area (Å²) >= 11 is 0. The van der Waals surface area contributed by atoms with Crippen molar-refractivity contribution in [1.29, 1.82) is 5.41 Å². The normalized spacial score (nSPS) is 19.5. The van der Waals surface area contributed by atoms with E-state index in [9.17, 15) is 0 Å². The fraction of sp³-hybridized carbons (Fsp3) is 0.520. The van der Waals surface area contributed by atoms with Gasteiger partial charge in [0.25, 0.3) is 0 Å². The Balaban J connectivity index is 1.36. The third kappa shape index (κ3) is 4.76. The lowest BCUT2D eigenvalue weighted by molar-refractivity contribution is 0.0219. The number of hydrogen-bond acceptors (Lipinski definition) is 8. The van der Waals surface area contributed by atoms with Crippen LogP contribution in [0.5, 0.6) is 11.5 Å². The van der Waals surface area contributed by atoms with E-state index in [0.29, 0.717) is 48.0 Å². The largest absolute Gasteiger partial charge is 0.496 e. The summed E-state index contributed by atoms with van der Waals surface area (Å²) in [5, 5.41) is 8.60. The van der Waals surface area contributed by atoms with Gasteiger partial charge >= 0.3 is 0 Å². The predicted molar refractivity (Wildman–Crippen MR) is 128 cm³/mol. The number of aromatic amines is 1. The minimum Gasteiger partial charge on any atom is -0.496 e. The molecule has 0 aliphatic carbocycles. The molecule has 0 bridgehead atoms. The van der Waals surface area contributed by atoms with Crippen molar-refractivity contribution in [2.45, 2.75) is 44.2 Å². The topological polar surface area (TPSA) is 106 Å². The van der Waals surface area contributed by atoms with Crippen molar-refractivity contribution in [3.63, 3.8) is 0 Å². The fourth-order valence-electron chi connectivity index (χ4n) is 4.97. The first-order valence-corrected chi connectivity index (χ1v) is 11.9. The fourth-order valence-corrected chi connectivity index (χ4v) is 4.97. The van der Waals surface area contributed by atoms with Crippen molar-refractivity contribution in [2.24, 2.45) is 0 Å². The summed E-state index contributed by atoms with van der Waals surface area (Å²) in [7, 11) is 3.12. The highest BCUT2D eigenvalue weighted by Gasteiger charge is 2.32. The molecule has 9 nitrogen and oxygen atoms in total. The van der Waals surface area contributed by atoms with Crippen LogP contribution in [0.15, 0.2) is 28.8 Å². The van der Waals surface area contributed by atoms with Gasteiger partial charge in [0.2, 0.25) is 0 Å². The zero-order valence-electron chi connectivity index (χ0n) is 19.8. The number of methoxy groups -OCH3 is 2. The van der Waals surface area contributed by atoms with Gasteiger partial charge in [-0.25, -0.2) is 4.98 Å². The summed E-state index contributed by atoms with van der Waals surface area (Å²) in [5.41, 5.74) is 1.43. The lowest BCUT2D eigenvalue weighted by Gasteiger charge is -2.35. The van der Waals surface area contributed by atoms with Gasteiger partial charge in [-0.1, -0.05) is 0 Å². The molecule has 2 aromatic heterocycles. The van der Waals surface area contributed by atoms with Gasteiger partial charge < -0.3 is 28.3 Å². The van der Waals surface area contributed by atoms with Gasteiger partial charge in [0.1, 0.15) is 35.2 Å². The van der Waals surface area contributed by atoms with Crippen molar-refractivity contribution >= 4 is 16.9 Å². The maximum absolute atomic E-state index is 7.70. The molecule has 9 heteroatoms. The van der Waals surface area contributed by atoms with Gasteiger partial charge in [-0.05, 0) is 38.3 Å². The second-order valence-corrected chi connectivity index (χ2v) is 8.88. The van der Waals surface area contributed by atoms with Gasteiger partial charge in [0, 0.05) is 37.4 Å². The number of furan rings is 1. The average molecular weight is 469 g/mol. The third-order valence-corrected chi connectivity index (χ3v) is 6.79. The lowest BCUT2D eigenvalue weighted by Crippen LogP contribution is -2.44. The number of rotatable bonds is 8. The number of likely N-dealkylation sites (tertiary alicyclic amines) is 1. The van der Waals surface area contributed by atoms with Crippen LogP contribution >= 0.6 is 0 Å². The first-order valence-electron chi connectivity index (χ1n) is 11.9. The van der Waals surface area contributed by atoms with E-state index in [2.05, 4.69) is 14.9 Å². The number of imidazole rings is 1.